The number of rotatable bonds is 9. The minimum atomic E-state index is -0.549. The number of nitrogens with zero attached hydrogens (tertiary/aromatic N) is 3. The van der Waals surface area contributed by atoms with Crippen LogP contribution in [0.25, 0.3) is 0 Å². The van der Waals surface area contributed by atoms with E-state index < -0.39 is 6.09 Å². The van der Waals surface area contributed by atoms with Gasteiger partial charge in [0.15, 0.2) is 5.78 Å². The van der Waals surface area contributed by atoms with Gasteiger partial charge in [0.1, 0.15) is 5.82 Å². The smallest absolute Gasteiger partial charge is 0.411 e. The molecule has 2 amide bonds. The van der Waals surface area contributed by atoms with Crippen LogP contribution in [0.3, 0.4) is 0 Å². The summed E-state index contributed by atoms with van der Waals surface area (Å²) in [6.07, 6.45) is 4.19. The van der Waals surface area contributed by atoms with Gasteiger partial charge < -0.3 is 14.5 Å². The lowest BCUT2D eigenvalue weighted by Crippen LogP contribution is -2.43. The highest BCUT2D eigenvalue weighted by Crippen LogP contribution is 2.23. The van der Waals surface area contributed by atoms with Crippen LogP contribution in [-0.4, -0.2) is 60.5 Å². The number of benzene rings is 2. The minimum Gasteiger partial charge on any atom is -0.450 e. The topological polar surface area (TPSA) is 91.8 Å². The number of carbonyl (C=O) groups excluding carboxylic acids is 3. The molecule has 0 spiro atoms. The molecule has 0 bridgehead atoms. The highest BCUT2D eigenvalue weighted by molar-refractivity contribution is 6.06. The Hall–Kier alpha value is -4.11. The second-order valence-electron chi connectivity index (χ2n) is 9.08. The fourth-order valence-electron chi connectivity index (χ4n) is 4.51. The van der Waals surface area contributed by atoms with E-state index >= 15 is 0 Å². The summed E-state index contributed by atoms with van der Waals surface area (Å²) in [7, 11) is 0. The molecule has 0 atom stereocenters. The zero-order chi connectivity index (χ0) is 26.9. The molecule has 2 heterocycles. The van der Waals surface area contributed by atoms with Crippen molar-refractivity contribution >= 4 is 29.2 Å². The van der Waals surface area contributed by atoms with Crippen LogP contribution in [0, 0.1) is 11.7 Å². The van der Waals surface area contributed by atoms with Gasteiger partial charge in [-0.1, -0.05) is 0 Å². The van der Waals surface area contributed by atoms with Crippen LogP contribution < -0.4 is 10.2 Å². The van der Waals surface area contributed by atoms with Gasteiger partial charge in [-0.2, -0.15) is 0 Å². The zero-order valence-corrected chi connectivity index (χ0v) is 21.3. The molecular formula is C29H31FN4O4. The summed E-state index contributed by atoms with van der Waals surface area (Å²) < 4.78 is 18.1. The van der Waals surface area contributed by atoms with E-state index in [0.29, 0.717) is 48.4 Å². The molecule has 0 saturated carbocycles. The molecule has 0 aliphatic carbocycles. The Morgan fingerprint density at radius 1 is 1.03 bits per heavy atom. The number of hydrogen-bond donors (Lipinski definition) is 1. The quantitative estimate of drug-likeness (QED) is 0.400. The molecule has 3 aromatic rings. The van der Waals surface area contributed by atoms with Gasteiger partial charge in [0.05, 0.1) is 18.5 Å². The third kappa shape index (κ3) is 7.01. The van der Waals surface area contributed by atoms with E-state index in [1.807, 2.05) is 6.07 Å². The number of halogens is 1. The molecule has 1 aliphatic heterocycles. The van der Waals surface area contributed by atoms with Crippen LogP contribution in [0.4, 0.5) is 20.6 Å². The van der Waals surface area contributed by atoms with Gasteiger partial charge in [-0.25, -0.2) is 9.18 Å². The van der Waals surface area contributed by atoms with Crippen molar-refractivity contribution in [1.82, 2.24) is 9.88 Å². The van der Waals surface area contributed by atoms with Crippen LogP contribution >= 0.6 is 0 Å². The maximum atomic E-state index is 13.5. The Bertz CT molecular complexity index is 1230. The number of anilines is 2. The van der Waals surface area contributed by atoms with Crippen molar-refractivity contribution < 1.29 is 23.5 Å². The number of Topliss-reactive ketones (excluding diaryl/α,β-unsaturated/α-hetero) is 1. The SMILES string of the molecule is CCOC(=O)Nc1ccc(C(=O)N(CCN2CCC(C(=O)c3ccc(F)cc3)CC2)c2cccnc2)cc1. The fourth-order valence-corrected chi connectivity index (χ4v) is 4.51. The molecule has 1 aromatic heterocycles. The predicted molar refractivity (Wildman–Crippen MR) is 143 cm³/mol. The largest absolute Gasteiger partial charge is 0.450 e. The molecule has 2 aromatic carbocycles. The number of ether oxygens (including phenoxy) is 1. The summed E-state index contributed by atoms with van der Waals surface area (Å²) in [6, 6.07) is 16.0. The summed E-state index contributed by atoms with van der Waals surface area (Å²) in [5.74, 6) is -0.567. The Kier molecular flexibility index (Phi) is 9.16. The highest BCUT2D eigenvalue weighted by Gasteiger charge is 2.27. The number of amides is 2. The number of hydrogen-bond acceptors (Lipinski definition) is 6. The van der Waals surface area contributed by atoms with Crippen molar-refractivity contribution in [2.24, 2.45) is 5.92 Å². The summed E-state index contributed by atoms with van der Waals surface area (Å²) in [4.78, 5) is 46.0. The second kappa shape index (κ2) is 12.9. The van der Waals surface area contributed by atoms with E-state index in [2.05, 4.69) is 15.2 Å². The van der Waals surface area contributed by atoms with Crippen molar-refractivity contribution in [2.45, 2.75) is 19.8 Å². The molecule has 1 saturated heterocycles. The predicted octanol–water partition coefficient (Wildman–Crippen LogP) is 5.03. The van der Waals surface area contributed by atoms with Gasteiger partial charge >= 0.3 is 6.09 Å². The summed E-state index contributed by atoms with van der Waals surface area (Å²) in [6.45, 7) is 4.56. The Balaban J connectivity index is 1.37. The van der Waals surface area contributed by atoms with E-state index in [-0.39, 0.29) is 30.0 Å². The third-order valence-corrected chi connectivity index (χ3v) is 6.58. The molecule has 4 rings (SSSR count). The van der Waals surface area contributed by atoms with Gasteiger partial charge in [-0.3, -0.25) is 19.9 Å². The molecule has 1 N–H and O–H groups in total. The summed E-state index contributed by atoms with van der Waals surface area (Å²) in [5.41, 5.74) is 2.24. The molecule has 9 heteroatoms. The van der Waals surface area contributed by atoms with Crippen LogP contribution in [0.1, 0.15) is 40.5 Å². The van der Waals surface area contributed by atoms with E-state index in [4.69, 9.17) is 4.74 Å². The summed E-state index contributed by atoms with van der Waals surface area (Å²) >= 11 is 0. The maximum Gasteiger partial charge on any atom is 0.411 e. The molecule has 1 fully saturated rings. The number of carbonyl (C=O) groups is 3. The molecular weight excluding hydrogens is 487 g/mol. The van der Waals surface area contributed by atoms with Crippen LogP contribution in [0.5, 0.6) is 0 Å². The first-order valence-electron chi connectivity index (χ1n) is 12.7. The Morgan fingerprint density at radius 2 is 1.71 bits per heavy atom. The van der Waals surface area contributed by atoms with Crippen LogP contribution in [-0.2, 0) is 4.74 Å². The average Bonchev–Trinajstić information content (AvgIpc) is 2.94. The van der Waals surface area contributed by atoms with E-state index in [9.17, 15) is 18.8 Å². The fraction of sp³-hybridized carbons (Fsp3) is 0.310. The number of pyridine rings is 1. The lowest BCUT2D eigenvalue weighted by Gasteiger charge is -2.33. The normalized spacial score (nSPS) is 14.1. The van der Waals surface area contributed by atoms with E-state index in [0.717, 1.165) is 13.1 Å². The average molecular weight is 519 g/mol. The minimum absolute atomic E-state index is 0.0534. The van der Waals surface area contributed by atoms with E-state index in [1.165, 1.54) is 12.1 Å². The third-order valence-electron chi connectivity index (χ3n) is 6.58. The first-order chi connectivity index (χ1) is 18.4. The van der Waals surface area contributed by atoms with Crippen molar-refractivity contribution in [3.05, 3.63) is 90.0 Å². The summed E-state index contributed by atoms with van der Waals surface area (Å²) in [5, 5.41) is 2.62. The number of piperidine rings is 1. The number of nitrogens with one attached hydrogen (secondary N) is 1. The lowest BCUT2D eigenvalue weighted by atomic mass is 9.89. The van der Waals surface area contributed by atoms with Crippen molar-refractivity contribution in [2.75, 3.05) is 43.0 Å². The first-order valence-corrected chi connectivity index (χ1v) is 12.7. The Morgan fingerprint density at radius 3 is 2.34 bits per heavy atom. The highest BCUT2D eigenvalue weighted by atomic mass is 19.1. The lowest BCUT2D eigenvalue weighted by molar-refractivity contribution is 0.0841. The van der Waals surface area contributed by atoms with Crippen molar-refractivity contribution in [1.29, 1.82) is 0 Å². The first kappa shape index (κ1) is 26.9. The van der Waals surface area contributed by atoms with E-state index in [1.54, 1.807) is 66.7 Å². The number of likely N-dealkylation sites (tertiary alicyclic amines) is 1. The van der Waals surface area contributed by atoms with Gasteiger partial charge in [0.2, 0.25) is 0 Å². The van der Waals surface area contributed by atoms with Crippen molar-refractivity contribution in [3.63, 3.8) is 0 Å². The van der Waals surface area contributed by atoms with Gasteiger partial charge in [-0.05, 0) is 93.5 Å². The molecule has 38 heavy (non-hydrogen) atoms. The monoisotopic (exact) mass is 518 g/mol. The van der Waals surface area contributed by atoms with Crippen LogP contribution in [0.15, 0.2) is 73.1 Å². The maximum absolute atomic E-state index is 13.5. The number of aromatic nitrogens is 1. The molecule has 8 nitrogen and oxygen atoms in total. The second-order valence-corrected chi connectivity index (χ2v) is 9.08. The van der Waals surface area contributed by atoms with Gasteiger partial charge in [0, 0.05) is 42.0 Å². The van der Waals surface area contributed by atoms with Crippen LogP contribution in [0.2, 0.25) is 0 Å². The van der Waals surface area contributed by atoms with Gasteiger partial charge in [-0.15, -0.1) is 0 Å². The number of ketones is 1. The van der Waals surface area contributed by atoms with Gasteiger partial charge in [0.25, 0.3) is 5.91 Å². The molecule has 0 radical (unpaired) electrons. The molecule has 198 valence electrons. The Labute approximate surface area is 221 Å². The standard InChI is InChI=1S/C29H31FN4O4/c1-2-38-29(37)32-25-11-7-23(8-12-25)28(36)34(26-4-3-15-31-20-26)19-18-33-16-13-22(14-17-33)27(35)21-5-9-24(30)10-6-21/h3-12,15,20,22H,2,13-14,16-19H2,1H3,(H,32,37). The molecule has 0 unspecified atom stereocenters. The molecule has 1 aliphatic rings. The van der Waals surface area contributed by atoms with Crippen molar-refractivity contribution in [3.8, 4) is 0 Å². The zero-order valence-electron chi connectivity index (χ0n) is 21.3.